The average Bonchev–Trinajstić information content (AvgIpc) is 2.92. The van der Waals surface area contributed by atoms with Crippen LogP contribution in [0, 0.1) is 5.92 Å². The number of hydrogen-bond donors (Lipinski definition) is 3. The first-order chi connectivity index (χ1) is 18.7. The summed E-state index contributed by atoms with van der Waals surface area (Å²) in [4.78, 5) is 53.9. The molecule has 0 fully saturated rings. The lowest BCUT2D eigenvalue weighted by atomic mass is 10.0. The number of nitrogens with zero attached hydrogens (tertiary/aromatic N) is 1. The van der Waals surface area contributed by atoms with Crippen molar-refractivity contribution in [3.63, 3.8) is 0 Å². The van der Waals surface area contributed by atoms with E-state index in [0.717, 1.165) is 11.3 Å². The molecule has 0 spiro atoms. The Balaban J connectivity index is 1.75. The van der Waals surface area contributed by atoms with Crippen molar-refractivity contribution in [1.29, 1.82) is 0 Å². The van der Waals surface area contributed by atoms with Gasteiger partial charge in [0.25, 0.3) is 5.91 Å². The largest absolute Gasteiger partial charge is 0.497 e. The van der Waals surface area contributed by atoms with Crippen LogP contribution in [0.5, 0.6) is 11.5 Å². The lowest BCUT2D eigenvalue weighted by Crippen LogP contribution is -2.54. The highest BCUT2D eigenvalue weighted by Gasteiger charge is 2.31. The number of amides is 4. The third-order valence-electron chi connectivity index (χ3n) is 6.53. The Morgan fingerprint density at radius 2 is 1.90 bits per heavy atom. The fourth-order valence-electron chi connectivity index (χ4n) is 4.25. The van der Waals surface area contributed by atoms with Gasteiger partial charge in [0, 0.05) is 13.6 Å². The van der Waals surface area contributed by atoms with Gasteiger partial charge in [-0.2, -0.15) is 0 Å². The summed E-state index contributed by atoms with van der Waals surface area (Å²) in [6.07, 6.45) is 1.04. The monoisotopic (exact) mass is 538 g/mol. The number of hydrogen-bond acceptors (Lipinski definition) is 6. The molecular formula is C29H38N4O6. The lowest BCUT2D eigenvalue weighted by Gasteiger charge is -2.28. The van der Waals surface area contributed by atoms with Crippen LogP contribution >= 0.6 is 0 Å². The summed E-state index contributed by atoms with van der Waals surface area (Å²) in [7, 11) is 3.25. The number of benzene rings is 2. The topological polar surface area (TPSA) is 126 Å². The Morgan fingerprint density at radius 1 is 1.13 bits per heavy atom. The first-order valence-electron chi connectivity index (χ1n) is 13.2. The molecule has 0 radical (unpaired) electrons. The summed E-state index contributed by atoms with van der Waals surface area (Å²) in [6.45, 7) is 4.44. The molecule has 0 unspecified atom stereocenters. The van der Waals surface area contributed by atoms with E-state index < -0.39 is 29.8 Å². The van der Waals surface area contributed by atoms with Crippen LogP contribution in [0.2, 0.25) is 0 Å². The van der Waals surface area contributed by atoms with Crippen LogP contribution in [-0.2, 0) is 20.8 Å². The predicted octanol–water partition coefficient (Wildman–Crippen LogP) is 1.92. The van der Waals surface area contributed by atoms with E-state index in [1.54, 1.807) is 38.4 Å². The fourth-order valence-corrected chi connectivity index (χ4v) is 4.25. The van der Waals surface area contributed by atoms with E-state index in [0.29, 0.717) is 25.1 Å². The number of carbonyl (C=O) groups is 4. The molecule has 3 rings (SSSR count). The van der Waals surface area contributed by atoms with Gasteiger partial charge in [-0.25, -0.2) is 0 Å². The van der Waals surface area contributed by atoms with Crippen molar-refractivity contribution in [2.45, 2.75) is 45.2 Å². The minimum absolute atomic E-state index is 0.155. The zero-order valence-electron chi connectivity index (χ0n) is 23.0. The SMILES string of the molecule is COc1cccc(CCCNC(=O)[C@@H]2CC(=O)N[C@H](C(C)C)C(=O)N(C)CCOc3ccccc3C(=O)N2)c1. The number of para-hydroxylation sites is 1. The molecule has 0 aliphatic carbocycles. The maximum Gasteiger partial charge on any atom is 0.255 e. The summed E-state index contributed by atoms with van der Waals surface area (Å²) in [5, 5.41) is 8.28. The Hall–Kier alpha value is -4.08. The van der Waals surface area contributed by atoms with Crippen molar-refractivity contribution in [1.82, 2.24) is 20.9 Å². The minimum Gasteiger partial charge on any atom is -0.497 e. The summed E-state index contributed by atoms with van der Waals surface area (Å²) >= 11 is 0. The maximum atomic E-state index is 13.2. The van der Waals surface area contributed by atoms with Gasteiger partial charge in [-0.3, -0.25) is 19.2 Å². The Kier molecular flexibility index (Phi) is 10.7. The van der Waals surface area contributed by atoms with Crippen molar-refractivity contribution in [3.8, 4) is 11.5 Å². The van der Waals surface area contributed by atoms with E-state index in [-0.39, 0.29) is 37.0 Å². The van der Waals surface area contributed by atoms with E-state index >= 15 is 0 Å². The van der Waals surface area contributed by atoms with Crippen LogP contribution in [0.4, 0.5) is 0 Å². The van der Waals surface area contributed by atoms with E-state index in [9.17, 15) is 19.2 Å². The summed E-state index contributed by atoms with van der Waals surface area (Å²) in [5.41, 5.74) is 1.31. The van der Waals surface area contributed by atoms with Gasteiger partial charge in [0.15, 0.2) is 0 Å². The molecule has 1 heterocycles. The molecule has 1 aliphatic rings. The molecule has 10 nitrogen and oxygen atoms in total. The van der Waals surface area contributed by atoms with E-state index in [1.807, 2.05) is 38.1 Å². The average molecular weight is 539 g/mol. The van der Waals surface area contributed by atoms with Gasteiger partial charge in [-0.05, 0) is 48.6 Å². The van der Waals surface area contributed by atoms with Gasteiger partial charge < -0.3 is 30.3 Å². The molecule has 3 N–H and O–H groups in total. The zero-order chi connectivity index (χ0) is 28.4. The number of ether oxygens (including phenoxy) is 2. The number of aryl methyl sites for hydroxylation is 1. The van der Waals surface area contributed by atoms with Crippen LogP contribution in [0.1, 0.15) is 42.6 Å². The summed E-state index contributed by atoms with van der Waals surface area (Å²) < 4.78 is 11.1. The van der Waals surface area contributed by atoms with Crippen LogP contribution in [-0.4, -0.2) is 74.5 Å². The second-order valence-corrected chi connectivity index (χ2v) is 9.87. The molecule has 2 atom stereocenters. The number of nitrogens with one attached hydrogen (secondary N) is 3. The molecule has 10 heteroatoms. The molecule has 2 aromatic carbocycles. The van der Waals surface area contributed by atoms with Crippen LogP contribution in [0.25, 0.3) is 0 Å². The van der Waals surface area contributed by atoms with Gasteiger partial charge in [0.2, 0.25) is 17.7 Å². The second-order valence-electron chi connectivity index (χ2n) is 9.87. The van der Waals surface area contributed by atoms with Crippen LogP contribution < -0.4 is 25.4 Å². The van der Waals surface area contributed by atoms with Crippen LogP contribution in [0.3, 0.4) is 0 Å². The Bertz CT molecular complexity index is 1170. The first-order valence-corrected chi connectivity index (χ1v) is 13.2. The number of methoxy groups -OCH3 is 1. The fraction of sp³-hybridized carbons (Fsp3) is 0.448. The molecular weight excluding hydrogens is 500 g/mol. The Morgan fingerprint density at radius 3 is 2.64 bits per heavy atom. The van der Waals surface area contributed by atoms with Crippen molar-refractivity contribution >= 4 is 23.6 Å². The quantitative estimate of drug-likeness (QED) is 0.463. The van der Waals surface area contributed by atoms with E-state index in [1.165, 1.54) is 4.90 Å². The normalized spacial score (nSPS) is 18.8. The highest BCUT2D eigenvalue weighted by molar-refractivity contribution is 6.01. The van der Waals surface area contributed by atoms with Gasteiger partial charge in [0.05, 0.1) is 25.6 Å². The highest BCUT2D eigenvalue weighted by Crippen LogP contribution is 2.19. The first kappa shape index (κ1) is 29.5. The zero-order valence-corrected chi connectivity index (χ0v) is 23.0. The smallest absolute Gasteiger partial charge is 0.255 e. The van der Waals surface area contributed by atoms with Crippen molar-refractivity contribution < 1.29 is 28.7 Å². The molecule has 210 valence electrons. The predicted molar refractivity (Wildman–Crippen MR) is 147 cm³/mol. The molecule has 0 aromatic heterocycles. The second kappa shape index (κ2) is 14.2. The lowest BCUT2D eigenvalue weighted by molar-refractivity contribution is -0.137. The highest BCUT2D eigenvalue weighted by atomic mass is 16.5. The van der Waals surface area contributed by atoms with Gasteiger partial charge >= 0.3 is 0 Å². The standard InChI is InChI=1S/C29H38N4O6/c1-19(2)26-29(37)33(3)15-16-39-24-13-6-5-12-22(24)27(35)31-23(18-25(34)32-26)28(36)30-14-8-10-20-9-7-11-21(17-20)38-4/h5-7,9,11-13,17,19,23,26H,8,10,14-16,18H2,1-4H3,(H,30,36)(H,31,35)(H,32,34)/t23-,26+/m0/s1. The molecule has 2 aromatic rings. The Labute approximate surface area is 229 Å². The molecule has 0 bridgehead atoms. The van der Waals surface area contributed by atoms with Crippen LogP contribution in [0.15, 0.2) is 48.5 Å². The van der Waals surface area contributed by atoms with Gasteiger partial charge in [0.1, 0.15) is 30.2 Å². The third kappa shape index (κ3) is 8.46. The van der Waals surface area contributed by atoms with Gasteiger partial charge in [-0.15, -0.1) is 0 Å². The number of rotatable bonds is 7. The van der Waals surface area contributed by atoms with Crippen molar-refractivity contribution in [3.05, 3.63) is 59.7 Å². The molecule has 39 heavy (non-hydrogen) atoms. The van der Waals surface area contributed by atoms with E-state index in [4.69, 9.17) is 9.47 Å². The maximum absolute atomic E-state index is 13.2. The van der Waals surface area contributed by atoms with Crippen molar-refractivity contribution in [2.24, 2.45) is 5.92 Å². The third-order valence-corrected chi connectivity index (χ3v) is 6.53. The molecule has 0 saturated heterocycles. The van der Waals surface area contributed by atoms with E-state index in [2.05, 4.69) is 16.0 Å². The van der Waals surface area contributed by atoms with Gasteiger partial charge in [-0.1, -0.05) is 38.1 Å². The number of likely N-dealkylation sites (N-methyl/N-ethyl adjacent to an activating group) is 1. The van der Waals surface area contributed by atoms with Crippen molar-refractivity contribution in [2.75, 3.05) is 33.9 Å². The molecule has 0 saturated carbocycles. The summed E-state index contributed by atoms with van der Waals surface area (Å²) in [6, 6.07) is 12.4. The number of fused-ring (bicyclic) bond motifs is 1. The molecule has 1 aliphatic heterocycles. The number of carbonyl (C=O) groups excluding carboxylic acids is 4. The summed E-state index contributed by atoms with van der Waals surface area (Å²) in [5.74, 6) is -0.870. The molecule has 4 amide bonds. The minimum atomic E-state index is -1.15.